The summed E-state index contributed by atoms with van der Waals surface area (Å²) in [6.45, 7) is 16.3. The molecule has 4 aromatic heterocycles. The molecule has 0 bridgehead atoms. The summed E-state index contributed by atoms with van der Waals surface area (Å²) < 4.78 is 39.6. The number of carbonyl (C=O) groups is 4. The molecule has 0 aliphatic carbocycles. The van der Waals surface area contributed by atoms with E-state index < -0.39 is 23.9 Å². The second kappa shape index (κ2) is 51.1. The number of aromatic amines is 2. The van der Waals surface area contributed by atoms with Crippen molar-refractivity contribution in [2.75, 3.05) is 106 Å². The molecule has 4 fully saturated rings. The van der Waals surface area contributed by atoms with Gasteiger partial charge in [0.2, 0.25) is 0 Å². The van der Waals surface area contributed by atoms with Crippen LogP contribution in [0.2, 0.25) is 0 Å². The van der Waals surface area contributed by atoms with Gasteiger partial charge in [-0.05, 0) is 52.0 Å². The zero-order valence-electron chi connectivity index (χ0n) is 41.7. The number of carbonyl (C=O) groups excluding carboxylic acids is 4. The molecule has 28 heteroatoms. The van der Waals surface area contributed by atoms with E-state index >= 15 is 0 Å². The fraction of sp³-hybridized carbons (Fsp3) is 0.417. The van der Waals surface area contributed by atoms with Crippen LogP contribution >= 0.6 is 0 Å². The summed E-state index contributed by atoms with van der Waals surface area (Å²) in [4.78, 5) is 49.5. The Morgan fingerprint density at radius 2 is 0.618 bits per heavy atom. The van der Waals surface area contributed by atoms with Crippen molar-refractivity contribution >= 4 is 57.1 Å². The van der Waals surface area contributed by atoms with E-state index in [2.05, 4.69) is 19.9 Å². The van der Waals surface area contributed by atoms with Crippen molar-refractivity contribution in [3.8, 4) is 36.4 Å². The summed E-state index contributed by atoms with van der Waals surface area (Å²) in [7, 11) is 0. The second-order valence-corrected chi connectivity index (χ2v) is 13.2. The maximum absolute atomic E-state index is 9.05. The van der Waals surface area contributed by atoms with Gasteiger partial charge in [0, 0.05) is 70.6 Å². The quantitative estimate of drug-likeness (QED) is 0.178. The normalized spacial score (nSPS) is 12.9. The Morgan fingerprint density at radius 3 is 0.776 bits per heavy atom. The zero-order valence-corrected chi connectivity index (χ0v) is 45.0. The number of pyridine rings is 2. The Labute approximate surface area is 464 Å². The molecule has 0 saturated carbocycles. The van der Waals surface area contributed by atoms with Gasteiger partial charge >= 0.3 is 39.0 Å². The Balaban J connectivity index is -0.000000403. The van der Waals surface area contributed by atoms with Gasteiger partial charge in [-0.2, -0.15) is 31.6 Å². The molecule has 0 spiro atoms. The van der Waals surface area contributed by atoms with Crippen LogP contribution in [0.4, 0.5) is 0 Å². The number of ether oxygens (including phenoxy) is 8. The van der Waals surface area contributed by atoms with Crippen molar-refractivity contribution in [2.24, 2.45) is 0 Å². The first-order valence-corrected chi connectivity index (χ1v) is 21.6. The molecular weight excluding hydrogens is 1180 g/mol. The molecule has 8 rings (SSSR count). The molecule has 4 aromatic rings. The van der Waals surface area contributed by atoms with Gasteiger partial charge in [-0.15, -0.1) is 0 Å². The molecule has 0 aromatic carbocycles. The van der Waals surface area contributed by atoms with Crippen LogP contribution < -0.4 is 20.4 Å². The summed E-state index contributed by atoms with van der Waals surface area (Å²) in [5, 5.41) is 90.2. The van der Waals surface area contributed by atoms with Crippen LogP contribution in [0, 0.1) is 68.0 Å². The van der Waals surface area contributed by atoms with Crippen molar-refractivity contribution in [3.05, 3.63) is 71.3 Å². The zero-order chi connectivity index (χ0) is 55.8. The minimum atomic E-state index is -1.08. The van der Waals surface area contributed by atoms with Gasteiger partial charge in [-0.1, -0.05) is 0 Å². The predicted octanol–water partition coefficient (Wildman–Crippen LogP) is -1.07. The molecule has 0 amide bonds. The van der Waals surface area contributed by atoms with Crippen LogP contribution in [0.3, 0.4) is 0 Å². The van der Waals surface area contributed by atoms with Crippen LogP contribution in [0.25, 0.3) is 33.2 Å². The summed E-state index contributed by atoms with van der Waals surface area (Å²) in [5.41, 5.74) is 2.01. The molecular formula is C48H54N10O16Rh2. The largest absolute Gasteiger partial charge is 2.00 e. The third-order valence-electron chi connectivity index (χ3n) is 7.59. The van der Waals surface area contributed by atoms with Gasteiger partial charge in [0.25, 0.3) is 0 Å². The first kappa shape index (κ1) is 75.1. The van der Waals surface area contributed by atoms with E-state index in [9.17, 15) is 0 Å². The van der Waals surface area contributed by atoms with E-state index in [0.29, 0.717) is 33.2 Å². The monoisotopic (exact) mass is 1230 g/mol. The molecule has 76 heavy (non-hydrogen) atoms. The standard InChI is InChI=1S/2C12H5N5.4C4H8O2.4C2H4O2.2Rh/c2*13-4-8(5-14)10(6-15)11-7-17-12-9(11)2-1-3-16-12;4*1-2-6-4-3-5-1;4*1-2(3)4;;/h2*1-3,7H,(H,16,17);4*1-4H2;4*1H3,(H,3,4);;/q;;;;;;;;;;2*+2/p-4. The third-order valence-corrected chi connectivity index (χ3v) is 7.59. The average Bonchev–Trinajstić information content (AvgIpc) is 4.04. The van der Waals surface area contributed by atoms with Crippen molar-refractivity contribution in [1.29, 1.82) is 31.6 Å². The second-order valence-electron chi connectivity index (χ2n) is 13.2. The van der Waals surface area contributed by atoms with Crippen LogP contribution in [0.1, 0.15) is 38.8 Å². The number of hydrogen-bond donors (Lipinski definition) is 2. The Hall–Kier alpha value is -7.39. The van der Waals surface area contributed by atoms with Gasteiger partial charge in [-0.25, -0.2) is 9.97 Å². The van der Waals surface area contributed by atoms with Gasteiger partial charge in [0.05, 0.1) is 117 Å². The number of allylic oxidation sites excluding steroid dienone is 4. The number of rotatable bonds is 2. The van der Waals surface area contributed by atoms with Gasteiger partial charge < -0.3 is 87.5 Å². The maximum Gasteiger partial charge on any atom is 2.00 e. The van der Waals surface area contributed by atoms with E-state index in [-0.39, 0.29) is 61.2 Å². The number of hydrogen-bond acceptors (Lipinski definition) is 24. The number of H-pyrrole nitrogens is 2. The van der Waals surface area contributed by atoms with Gasteiger partial charge in [-0.3, -0.25) is 0 Å². The topological polar surface area (TPSA) is 434 Å². The number of aliphatic carboxylic acids is 4. The van der Waals surface area contributed by atoms with Crippen molar-refractivity contribution in [2.45, 2.75) is 27.7 Å². The Morgan fingerprint density at radius 1 is 0.421 bits per heavy atom. The molecule has 2 radical (unpaired) electrons. The molecule has 8 heterocycles. The summed E-state index contributed by atoms with van der Waals surface area (Å²) in [5.74, 6) is -4.33. The minimum absolute atomic E-state index is 0. The first-order chi connectivity index (χ1) is 35.6. The average molecular weight is 1230 g/mol. The van der Waals surface area contributed by atoms with Crippen molar-refractivity contribution in [1.82, 2.24) is 19.9 Å². The number of nitrogens with one attached hydrogen (secondary N) is 2. The number of nitriles is 6. The molecule has 0 atom stereocenters. The number of carboxylic acids is 4. The number of fused-ring (bicyclic) bond motifs is 2. The van der Waals surface area contributed by atoms with Crippen LogP contribution in [-0.4, -0.2) is 150 Å². The summed E-state index contributed by atoms with van der Waals surface area (Å²) >= 11 is 0. The molecule has 26 nitrogen and oxygen atoms in total. The van der Waals surface area contributed by atoms with E-state index in [1.165, 1.54) is 0 Å². The number of nitrogens with zero attached hydrogens (tertiary/aromatic N) is 8. The summed E-state index contributed by atoms with van der Waals surface area (Å²) in [6.07, 6.45) is 6.39. The maximum atomic E-state index is 9.05. The fourth-order valence-electron chi connectivity index (χ4n) is 4.86. The molecule has 4 saturated heterocycles. The van der Waals surface area contributed by atoms with Crippen LogP contribution in [0.15, 0.2) is 60.2 Å². The SMILES string of the molecule is C1COCCO1.C1COCCO1.C1COCCO1.C1COCCO1.CC(=O)[O-].CC(=O)[O-].CC(=O)[O-].CC(=O)[O-].N#CC(C#N)=C(C#N)c1c[nH]c2ncccc12.N#CC(C#N)=C(C#N)c1c[nH]c2ncccc12.[Rh+2].[Rh+2]. The first-order valence-electron chi connectivity index (χ1n) is 21.6. The van der Waals surface area contributed by atoms with Crippen molar-refractivity contribution in [3.63, 3.8) is 0 Å². The molecule has 2 N–H and O–H groups in total. The van der Waals surface area contributed by atoms with E-state index in [1.807, 2.05) is 12.1 Å². The smallest absolute Gasteiger partial charge is 0.550 e. The Kier molecular flexibility index (Phi) is 50.5. The molecule has 4 aliphatic heterocycles. The van der Waals surface area contributed by atoms with Gasteiger partial charge in [0.1, 0.15) is 58.9 Å². The third kappa shape index (κ3) is 40.1. The summed E-state index contributed by atoms with van der Waals surface area (Å²) in [6, 6.07) is 17.7. The minimum Gasteiger partial charge on any atom is -0.550 e. The molecule has 0 unspecified atom stereocenters. The van der Waals surface area contributed by atoms with E-state index in [0.717, 1.165) is 133 Å². The van der Waals surface area contributed by atoms with Crippen LogP contribution in [-0.2, 0) is 96.0 Å². The number of aromatic nitrogens is 4. The molecule has 410 valence electrons. The van der Waals surface area contributed by atoms with Crippen LogP contribution in [0.5, 0.6) is 0 Å². The van der Waals surface area contributed by atoms with Gasteiger partial charge in [0.15, 0.2) is 0 Å². The van der Waals surface area contributed by atoms with E-state index in [4.69, 9.17) is 109 Å². The molecule has 4 aliphatic rings. The Bertz CT molecular complexity index is 2280. The van der Waals surface area contributed by atoms with Crippen molar-refractivity contribution < 1.29 is 116 Å². The van der Waals surface area contributed by atoms with E-state index in [1.54, 1.807) is 73.3 Å². The predicted molar refractivity (Wildman–Crippen MR) is 249 cm³/mol. The fourth-order valence-corrected chi connectivity index (χ4v) is 4.86. The number of carboxylic acid groups (broad SMARTS) is 4.